The van der Waals surface area contributed by atoms with Gasteiger partial charge in [0.2, 0.25) is 0 Å². The summed E-state index contributed by atoms with van der Waals surface area (Å²) in [5, 5.41) is 13.4. The highest BCUT2D eigenvalue weighted by molar-refractivity contribution is 5.13. The van der Waals surface area contributed by atoms with Gasteiger partial charge in [-0.2, -0.15) is 0 Å². The molecular weight excluding hydrogens is 190 g/mol. The normalized spacial score (nSPS) is 30.5. The van der Waals surface area contributed by atoms with Gasteiger partial charge in [-0.05, 0) is 38.6 Å². The number of aliphatic hydroxyl groups excluding tert-OH is 1. The van der Waals surface area contributed by atoms with E-state index in [0.717, 1.165) is 38.1 Å². The van der Waals surface area contributed by atoms with Gasteiger partial charge in [0.05, 0.1) is 6.04 Å². The molecule has 1 aromatic heterocycles. The van der Waals surface area contributed by atoms with E-state index in [2.05, 4.69) is 10.3 Å². The second-order valence-electron chi connectivity index (χ2n) is 4.50. The maximum atomic E-state index is 9.99. The highest BCUT2D eigenvalue weighted by Crippen LogP contribution is 2.30. The van der Waals surface area contributed by atoms with Crippen LogP contribution in [0.2, 0.25) is 0 Å². The van der Waals surface area contributed by atoms with Crippen molar-refractivity contribution >= 4 is 0 Å². The molecule has 2 atom stereocenters. The molecular formula is C11H17N3O. The maximum Gasteiger partial charge on any atom is 0.132 e. The van der Waals surface area contributed by atoms with Crippen LogP contribution in [0.4, 0.5) is 0 Å². The quantitative estimate of drug-likeness (QED) is 0.726. The molecule has 15 heavy (non-hydrogen) atoms. The standard InChI is InChI=1S/C11H17N3O/c15-10-5-1-3-8-7-13-11(14(8)10)9-4-2-6-12-9/h7,9-10,12,15H,1-6H2. The summed E-state index contributed by atoms with van der Waals surface area (Å²) in [4.78, 5) is 4.47. The molecule has 0 aliphatic carbocycles. The Hall–Kier alpha value is -0.870. The smallest absolute Gasteiger partial charge is 0.132 e. The lowest BCUT2D eigenvalue weighted by Gasteiger charge is -2.24. The van der Waals surface area contributed by atoms with Crippen LogP contribution < -0.4 is 5.32 Å². The van der Waals surface area contributed by atoms with Gasteiger partial charge in [0, 0.05) is 11.9 Å². The van der Waals surface area contributed by atoms with Gasteiger partial charge in [-0.15, -0.1) is 0 Å². The molecule has 1 saturated heterocycles. The van der Waals surface area contributed by atoms with Gasteiger partial charge < -0.3 is 15.0 Å². The van der Waals surface area contributed by atoms with E-state index in [1.165, 1.54) is 12.1 Å². The fraction of sp³-hybridized carbons (Fsp3) is 0.727. The molecule has 0 amide bonds. The number of imidazole rings is 1. The van der Waals surface area contributed by atoms with Gasteiger partial charge in [0.15, 0.2) is 0 Å². The number of aromatic nitrogens is 2. The molecule has 0 saturated carbocycles. The van der Waals surface area contributed by atoms with Crippen LogP contribution in [-0.4, -0.2) is 21.2 Å². The minimum absolute atomic E-state index is 0.353. The van der Waals surface area contributed by atoms with Crippen LogP contribution in [-0.2, 0) is 6.42 Å². The summed E-state index contributed by atoms with van der Waals surface area (Å²) < 4.78 is 2.03. The molecule has 3 heterocycles. The van der Waals surface area contributed by atoms with Crippen LogP contribution >= 0.6 is 0 Å². The second kappa shape index (κ2) is 3.61. The summed E-state index contributed by atoms with van der Waals surface area (Å²) >= 11 is 0. The third-order valence-electron chi connectivity index (χ3n) is 3.47. The van der Waals surface area contributed by atoms with Crippen molar-refractivity contribution in [1.29, 1.82) is 0 Å². The second-order valence-corrected chi connectivity index (χ2v) is 4.50. The molecule has 4 nitrogen and oxygen atoms in total. The van der Waals surface area contributed by atoms with Gasteiger partial charge in [-0.1, -0.05) is 0 Å². The van der Waals surface area contributed by atoms with Gasteiger partial charge in [-0.3, -0.25) is 0 Å². The Morgan fingerprint density at radius 2 is 2.33 bits per heavy atom. The van der Waals surface area contributed by atoms with Gasteiger partial charge in [0.1, 0.15) is 12.1 Å². The number of aliphatic hydroxyl groups is 1. The van der Waals surface area contributed by atoms with Crippen molar-refractivity contribution in [2.24, 2.45) is 0 Å². The Morgan fingerprint density at radius 1 is 1.40 bits per heavy atom. The molecule has 0 bridgehead atoms. The first kappa shape index (κ1) is 9.36. The Labute approximate surface area is 89.3 Å². The summed E-state index contributed by atoms with van der Waals surface area (Å²) in [6.45, 7) is 1.07. The molecule has 1 aromatic rings. The minimum atomic E-state index is -0.353. The fourth-order valence-corrected chi connectivity index (χ4v) is 2.70. The highest BCUT2D eigenvalue weighted by Gasteiger charge is 2.27. The molecule has 4 heteroatoms. The zero-order valence-electron chi connectivity index (χ0n) is 8.82. The number of hydrogen-bond donors (Lipinski definition) is 2. The van der Waals surface area contributed by atoms with Gasteiger partial charge >= 0.3 is 0 Å². The molecule has 82 valence electrons. The number of rotatable bonds is 1. The molecule has 3 rings (SSSR count). The van der Waals surface area contributed by atoms with Crippen molar-refractivity contribution in [3.63, 3.8) is 0 Å². The van der Waals surface area contributed by atoms with Crippen molar-refractivity contribution in [3.05, 3.63) is 17.7 Å². The molecule has 2 aliphatic rings. The lowest BCUT2D eigenvalue weighted by molar-refractivity contribution is 0.0742. The number of hydrogen-bond acceptors (Lipinski definition) is 3. The van der Waals surface area contributed by atoms with Crippen LogP contribution in [0.25, 0.3) is 0 Å². The Bertz CT molecular complexity index is 355. The molecule has 0 spiro atoms. The van der Waals surface area contributed by atoms with E-state index in [4.69, 9.17) is 0 Å². The van der Waals surface area contributed by atoms with Crippen LogP contribution in [0.15, 0.2) is 6.20 Å². The summed E-state index contributed by atoms with van der Waals surface area (Å²) in [5.74, 6) is 1.04. The average molecular weight is 207 g/mol. The summed E-state index contributed by atoms with van der Waals surface area (Å²) in [6.07, 6.45) is 6.92. The first-order chi connectivity index (χ1) is 7.36. The summed E-state index contributed by atoms with van der Waals surface area (Å²) in [6, 6.07) is 0.353. The Balaban J connectivity index is 1.97. The van der Waals surface area contributed by atoms with Gasteiger partial charge in [-0.25, -0.2) is 4.98 Å². The highest BCUT2D eigenvalue weighted by atomic mass is 16.3. The van der Waals surface area contributed by atoms with E-state index in [1.54, 1.807) is 0 Å². The maximum absolute atomic E-state index is 9.99. The van der Waals surface area contributed by atoms with E-state index in [0.29, 0.717) is 6.04 Å². The van der Waals surface area contributed by atoms with Crippen molar-refractivity contribution in [2.45, 2.75) is 44.4 Å². The van der Waals surface area contributed by atoms with E-state index in [9.17, 15) is 5.11 Å². The SMILES string of the molecule is OC1CCCc2cnc(C3CCCN3)n21. The minimum Gasteiger partial charge on any atom is -0.373 e. The van der Waals surface area contributed by atoms with Crippen molar-refractivity contribution in [3.8, 4) is 0 Å². The number of fused-ring (bicyclic) bond motifs is 1. The lowest BCUT2D eigenvalue weighted by atomic mass is 10.1. The lowest BCUT2D eigenvalue weighted by Crippen LogP contribution is -2.24. The summed E-state index contributed by atoms with van der Waals surface area (Å²) in [7, 11) is 0. The molecule has 2 N–H and O–H groups in total. The molecule has 2 aliphatic heterocycles. The number of nitrogens with zero attached hydrogens (tertiary/aromatic N) is 2. The first-order valence-corrected chi connectivity index (χ1v) is 5.84. The first-order valence-electron chi connectivity index (χ1n) is 5.84. The molecule has 2 unspecified atom stereocenters. The molecule has 1 fully saturated rings. The van der Waals surface area contributed by atoms with Crippen molar-refractivity contribution in [2.75, 3.05) is 6.54 Å². The fourth-order valence-electron chi connectivity index (χ4n) is 2.70. The third kappa shape index (κ3) is 1.48. The third-order valence-corrected chi connectivity index (χ3v) is 3.47. The predicted octanol–water partition coefficient (Wildman–Crippen LogP) is 1.13. The van der Waals surface area contributed by atoms with Gasteiger partial charge in [0.25, 0.3) is 0 Å². The van der Waals surface area contributed by atoms with Crippen LogP contribution in [0.3, 0.4) is 0 Å². The van der Waals surface area contributed by atoms with E-state index < -0.39 is 0 Å². The van der Waals surface area contributed by atoms with Crippen LogP contribution in [0.5, 0.6) is 0 Å². The van der Waals surface area contributed by atoms with Crippen LogP contribution in [0.1, 0.15) is 49.5 Å². The summed E-state index contributed by atoms with van der Waals surface area (Å²) in [5.41, 5.74) is 1.19. The molecule has 0 aromatic carbocycles. The molecule has 0 radical (unpaired) electrons. The zero-order valence-corrected chi connectivity index (χ0v) is 8.82. The van der Waals surface area contributed by atoms with Crippen molar-refractivity contribution in [1.82, 2.24) is 14.9 Å². The topological polar surface area (TPSA) is 50.1 Å². The number of aryl methyl sites for hydroxylation is 1. The largest absolute Gasteiger partial charge is 0.373 e. The van der Waals surface area contributed by atoms with E-state index in [-0.39, 0.29) is 6.23 Å². The predicted molar refractivity (Wildman–Crippen MR) is 56.4 cm³/mol. The van der Waals surface area contributed by atoms with Crippen LogP contribution in [0, 0.1) is 0 Å². The van der Waals surface area contributed by atoms with Crippen molar-refractivity contribution < 1.29 is 5.11 Å². The number of nitrogens with one attached hydrogen (secondary N) is 1. The van der Waals surface area contributed by atoms with E-state index in [1.807, 2.05) is 10.8 Å². The Kier molecular flexibility index (Phi) is 2.25. The monoisotopic (exact) mass is 207 g/mol. The zero-order chi connectivity index (χ0) is 10.3. The average Bonchev–Trinajstić information content (AvgIpc) is 2.85. The Morgan fingerprint density at radius 3 is 3.13 bits per heavy atom. The van der Waals surface area contributed by atoms with E-state index >= 15 is 0 Å².